The average Bonchev–Trinajstić information content (AvgIpc) is 2.29. The van der Waals surface area contributed by atoms with Gasteiger partial charge in [-0.05, 0) is 13.6 Å². The molecule has 0 aliphatic carbocycles. The summed E-state index contributed by atoms with van der Waals surface area (Å²) < 4.78 is 0. The number of piperazine rings is 1. The van der Waals surface area contributed by atoms with E-state index >= 15 is 0 Å². The number of rotatable bonds is 5. The first kappa shape index (κ1) is 13.4. The Morgan fingerprint density at radius 3 is 2.44 bits per heavy atom. The van der Waals surface area contributed by atoms with Gasteiger partial charge in [0.15, 0.2) is 0 Å². The van der Waals surface area contributed by atoms with Crippen molar-refractivity contribution in [2.45, 2.75) is 6.92 Å². The number of nitrogens with two attached hydrogens (primary N) is 1. The predicted molar refractivity (Wildman–Crippen MR) is 65.2 cm³/mol. The van der Waals surface area contributed by atoms with Gasteiger partial charge < -0.3 is 15.5 Å². The molecule has 0 unspecified atom stereocenters. The molecule has 0 bridgehead atoms. The molecule has 1 amide bonds. The fourth-order valence-electron chi connectivity index (χ4n) is 1.88. The number of carbonyl (C=O) groups is 1. The second kappa shape index (κ2) is 6.83. The highest BCUT2D eigenvalue weighted by Crippen LogP contribution is 2.01. The Kier molecular flexibility index (Phi) is 5.73. The Hall–Kier alpha value is -0.650. The summed E-state index contributed by atoms with van der Waals surface area (Å²) in [5.41, 5.74) is 5.50. The third kappa shape index (κ3) is 4.08. The SMILES string of the molecule is CCN(CCN)CC(=O)N1CCN(C)CC1. The minimum absolute atomic E-state index is 0.239. The number of hydrogen-bond acceptors (Lipinski definition) is 4. The topological polar surface area (TPSA) is 52.8 Å². The molecule has 0 spiro atoms. The predicted octanol–water partition coefficient (Wildman–Crippen LogP) is -0.959. The van der Waals surface area contributed by atoms with Crippen LogP contribution in [0.15, 0.2) is 0 Å². The maximum atomic E-state index is 12.0. The van der Waals surface area contributed by atoms with Crippen LogP contribution in [0.4, 0.5) is 0 Å². The van der Waals surface area contributed by atoms with E-state index in [1.807, 2.05) is 4.90 Å². The van der Waals surface area contributed by atoms with Crippen molar-refractivity contribution < 1.29 is 4.79 Å². The summed E-state index contributed by atoms with van der Waals surface area (Å²) in [5, 5.41) is 0. The van der Waals surface area contributed by atoms with E-state index < -0.39 is 0 Å². The van der Waals surface area contributed by atoms with Crippen LogP contribution in [0.25, 0.3) is 0 Å². The molecule has 1 saturated heterocycles. The first-order chi connectivity index (χ1) is 7.67. The molecular weight excluding hydrogens is 204 g/mol. The van der Waals surface area contributed by atoms with E-state index in [1.165, 1.54) is 0 Å². The van der Waals surface area contributed by atoms with Gasteiger partial charge in [0.2, 0.25) is 5.91 Å². The quantitative estimate of drug-likeness (QED) is 0.658. The van der Waals surface area contributed by atoms with Gasteiger partial charge in [-0.1, -0.05) is 6.92 Å². The van der Waals surface area contributed by atoms with Gasteiger partial charge in [0, 0.05) is 39.3 Å². The molecule has 2 N–H and O–H groups in total. The Morgan fingerprint density at radius 2 is 1.94 bits per heavy atom. The van der Waals surface area contributed by atoms with Crippen molar-refractivity contribution in [1.29, 1.82) is 0 Å². The van der Waals surface area contributed by atoms with E-state index in [0.717, 1.165) is 39.3 Å². The lowest BCUT2D eigenvalue weighted by atomic mass is 10.3. The van der Waals surface area contributed by atoms with Crippen molar-refractivity contribution in [2.75, 3.05) is 59.4 Å². The molecule has 16 heavy (non-hydrogen) atoms. The van der Waals surface area contributed by atoms with Crippen molar-refractivity contribution >= 4 is 5.91 Å². The minimum Gasteiger partial charge on any atom is -0.339 e. The van der Waals surface area contributed by atoms with Crippen molar-refractivity contribution in [2.24, 2.45) is 5.73 Å². The van der Waals surface area contributed by atoms with Crippen molar-refractivity contribution in [3.8, 4) is 0 Å². The number of hydrogen-bond donors (Lipinski definition) is 1. The van der Waals surface area contributed by atoms with Gasteiger partial charge >= 0.3 is 0 Å². The van der Waals surface area contributed by atoms with E-state index in [0.29, 0.717) is 13.1 Å². The van der Waals surface area contributed by atoms with Crippen LogP contribution in [-0.2, 0) is 4.79 Å². The first-order valence-corrected chi connectivity index (χ1v) is 6.06. The molecule has 5 heteroatoms. The third-order valence-electron chi connectivity index (χ3n) is 3.11. The summed E-state index contributed by atoms with van der Waals surface area (Å²) in [6.07, 6.45) is 0. The standard InChI is InChI=1S/C11H24N4O/c1-3-14(5-4-12)10-11(16)15-8-6-13(2)7-9-15/h3-10,12H2,1-2H3. The average molecular weight is 228 g/mol. The van der Waals surface area contributed by atoms with Crippen molar-refractivity contribution in [3.63, 3.8) is 0 Å². The van der Waals surface area contributed by atoms with E-state index in [1.54, 1.807) is 0 Å². The van der Waals surface area contributed by atoms with Crippen LogP contribution in [0.2, 0.25) is 0 Å². The Morgan fingerprint density at radius 1 is 1.31 bits per heavy atom. The van der Waals surface area contributed by atoms with Gasteiger partial charge in [-0.15, -0.1) is 0 Å². The molecule has 1 rings (SSSR count). The molecule has 1 aliphatic heterocycles. The molecule has 0 aromatic carbocycles. The molecule has 0 atom stereocenters. The number of amides is 1. The fourth-order valence-corrected chi connectivity index (χ4v) is 1.88. The number of likely N-dealkylation sites (N-methyl/N-ethyl adjacent to an activating group) is 2. The third-order valence-corrected chi connectivity index (χ3v) is 3.11. The smallest absolute Gasteiger partial charge is 0.236 e. The maximum Gasteiger partial charge on any atom is 0.236 e. The molecular formula is C11H24N4O. The van der Waals surface area contributed by atoms with Crippen molar-refractivity contribution in [1.82, 2.24) is 14.7 Å². The lowest BCUT2D eigenvalue weighted by molar-refractivity contribution is -0.133. The van der Waals surface area contributed by atoms with Crippen LogP contribution >= 0.6 is 0 Å². The summed E-state index contributed by atoms with van der Waals surface area (Å²) in [6, 6.07) is 0. The molecule has 1 heterocycles. The Labute approximate surface area is 98.2 Å². The zero-order valence-electron chi connectivity index (χ0n) is 10.5. The van der Waals surface area contributed by atoms with Crippen LogP contribution in [0.5, 0.6) is 0 Å². The van der Waals surface area contributed by atoms with Gasteiger partial charge in [-0.25, -0.2) is 0 Å². The summed E-state index contributed by atoms with van der Waals surface area (Å²) in [4.78, 5) is 18.3. The summed E-state index contributed by atoms with van der Waals surface area (Å²) in [7, 11) is 2.09. The van der Waals surface area contributed by atoms with Crippen LogP contribution in [-0.4, -0.2) is 80.0 Å². The summed E-state index contributed by atoms with van der Waals surface area (Å²) in [6.45, 7) is 8.55. The lowest BCUT2D eigenvalue weighted by Crippen LogP contribution is -2.50. The van der Waals surface area contributed by atoms with Crippen LogP contribution in [0, 0.1) is 0 Å². The highest BCUT2D eigenvalue weighted by molar-refractivity contribution is 5.78. The maximum absolute atomic E-state index is 12.0. The molecule has 1 aliphatic rings. The molecule has 0 saturated carbocycles. The lowest BCUT2D eigenvalue weighted by Gasteiger charge is -2.33. The Balaban J connectivity index is 2.33. The molecule has 94 valence electrons. The number of carbonyl (C=O) groups excluding carboxylic acids is 1. The van der Waals surface area contributed by atoms with E-state index in [2.05, 4.69) is 23.8 Å². The van der Waals surface area contributed by atoms with Gasteiger partial charge in [0.25, 0.3) is 0 Å². The highest BCUT2D eigenvalue weighted by atomic mass is 16.2. The van der Waals surface area contributed by atoms with Gasteiger partial charge in [-0.3, -0.25) is 9.69 Å². The summed E-state index contributed by atoms with van der Waals surface area (Å²) in [5.74, 6) is 0.239. The van der Waals surface area contributed by atoms with Gasteiger partial charge in [-0.2, -0.15) is 0 Å². The Bertz CT molecular complexity index is 214. The fraction of sp³-hybridized carbons (Fsp3) is 0.909. The molecule has 0 aromatic heterocycles. The van der Waals surface area contributed by atoms with Gasteiger partial charge in [0.1, 0.15) is 0 Å². The molecule has 5 nitrogen and oxygen atoms in total. The van der Waals surface area contributed by atoms with Gasteiger partial charge in [0.05, 0.1) is 6.54 Å². The molecule has 0 radical (unpaired) electrons. The van der Waals surface area contributed by atoms with Crippen LogP contribution in [0.1, 0.15) is 6.92 Å². The van der Waals surface area contributed by atoms with E-state index in [9.17, 15) is 4.79 Å². The number of nitrogens with zero attached hydrogens (tertiary/aromatic N) is 3. The molecule has 1 fully saturated rings. The van der Waals surface area contributed by atoms with E-state index in [4.69, 9.17) is 5.73 Å². The highest BCUT2D eigenvalue weighted by Gasteiger charge is 2.20. The van der Waals surface area contributed by atoms with Crippen LogP contribution in [0.3, 0.4) is 0 Å². The largest absolute Gasteiger partial charge is 0.339 e. The summed E-state index contributed by atoms with van der Waals surface area (Å²) >= 11 is 0. The van der Waals surface area contributed by atoms with E-state index in [-0.39, 0.29) is 5.91 Å². The zero-order valence-corrected chi connectivity index (χ0v) is 10.5. The molecule has 0 aromatic rings. The zero-order chi connectivity index (χ0) is 12.0. The normalized spacial score (nSPS) is 18.1. The van der Waals surface area contributed by atoms with Crippen molar-refractivity contribution in [3.05, 3.63) is 0 Å². The second-order valence-electron chi connectivity index (χ2n) is 4.34. The van der Waals surface area contributed by atoms with Crippen LogP contribution < -0.4 is 5.73 Å². The minimum atomic E-state index is 0.239. The monoisotopic (exact) mass is 228 g/mol. The second-order valence-corrected chi connectivity index (χ2v) is 4.34. The first-order valence-electron chi connectivity index (χ1n) is 6.06.